The molecule has 4 aliphatic rings. The van der Waals surface area contributed by atoms with E-state index in [1.54, 1.807) is 0 Å². The molecule has 0 spiro atoms. The second-order valence-electron chi connectivity index (χ2n) is 10.3. The van der Waals surface area contributed by atoms with E-state index >= 15 is 0 Å². The summed E-state index contributed by atoms with van der Waals surface area (Å²) in [6.45, 7) is 0. The van der Waals surface area contributed by atoms with Crippen LogP contribution in [0, 0.1) is 23.2 Å². The number of amides is 2. The molecule has 2 N–H and O–H groups in total. The molecule has 4 heteroatoms. The Hall–Kier alpha value is -2.62. The Balaban J connectivity index is 1.18. The smallest absolute Gasteiger partial charge is 0.239 e. The third kappa shape index (κ3) is 4.53. The Morgan fingerprint density at radius 3 is 1.68 bits per heavy atom. The molecule has 31 heavy (non-hydrogen) atoms. The highest BCUT2D eigenvalue weighted by Gasteiger charge is 2.51. The van der Waals surface area contributed by atoms with E-state index in [0.29, 0.717) is 12.8 Å². The molecule has 162 valence electrons. The third-order valence-electron chi connectivity index (χ3n) is 7.84. The number of carbonyl (C=O) groups excluding carboxylic acids is 2. The topological polar surface area (TPSA) is 58.2 Å². The Kier molecular flexibility index (Phi) is 5.56. The minimum Gasteiger partial charge on any atom is -0.273 e. The van der Waals surface area contributed by atoms with E-state index in [0.717, 1.165) is 28.9 Å². The third-order valence-corrected chi connectivity index (χ3v) is 7.84. The second-order valence-corrected chi connectivity index (χ2v) is 10.3. The van der Waals surface area contributed by atoms with Crippen molar-refractivity contribution in [3.05, 3.63) is 71.8 Å². The molecule has 0 radical (unpaired) electrons. The number of carbonyl (C=O) groups is 2. The summed E-state index contributed by atoms with van der Waals surface area (Å²) in [6, 6.07) is 20.2. The SMILES string of the molecule is O=C(CC(c1ccccc1)c1ccccc1)NNC(=O)CC12CC3CC(CC(C3)C1)C2. The first-order valence-electron chi connectivity index (χ1n) is 11.8. The summed E-state index contributed by atoms with van der Waals surface area (Å²) in [7, 11) is 0. The van der Waals surface area contributed by atoms with Crippen LogP contribution in [0.15, 0.2) is 60.7 Å². The van der Waals surface area contributed by atoms with Crippen molar-refractivity contribution in [1.82, 2.24) is 10.9 Å². The summed E-state index contributed by atoms with van der Waals surface area (Å²) >= 11 is 0. The molecule has 0 heterocycles. The van der Waals surface area contributed by atoms with Gasteiger partial charge in [-0.15, -0.1) is 0 Å². The minimum absolute atomic E-state index is 0.0359. The van der Waals surface area contributed by atoms with Gasteiger partial charge in [-0.3, -0.25) is 20.4 Å². The lowest BCUT2D eigenvalue weighted by atomic mass is 9.49. The minimum atomic E-state index is -0.156. The maximum absolute atomic E-state index is 12.7. The monoisotopic (exact) mass is 416 g/mol. The zero-order chi connectivity index (χ0) is 21.3. The zero-order valence-electron chi connectivity index (χ0n) is 18.1. The standard InChI is InChI=1S/C27H32N2O2/c30-25(14-24(22-7-3-1-4-8-22)23-9-5-2-6-10-23)28-29-26(31)18-27-15-19-11-20(16-27)13-21(12-19)17-27/h1-10,19-21,24H,11-18H2,(H,28,30)(H,29,31). The first-order chi connectivity index (χ1) is 15.1. The van der Waals surface area contributed by atoms with Gasteiger partial charge in [-0.1, -0.05) is 60.7 Å². The van der Waals surface area contributed by atoms with Crippen molar-refractivity contribution in [2.45, 2.75) is 57.3 Å². The van der Waals surface area contributed by atoms with Crippen LogP contribution in [0.3, 0.4) is 0 Å². The Labute approximate surface area is 184 Å². The lowest BCUT2D eigenvalue weighted by Gasteiger charge is -2.56. The van der Waals surface area contributed by atoms with Gasteiger partial charge < -0.3 is 0 Å². The first-order valence-corrected chi connectivity index (χ1v) is 11.8. The van der Waals surface area contributed by atoms with Crippen LogP contribution in [0.25, 0.3) is 0 Å². The number of rotatable bonds is 6. The second kappa shape index (κ2) is 8.49. The molecule has 2 amide bonds. The fourth-order valence-corrected chi connectivity index (χ4v) is 7.07. The van der Waals surface area contributed by atoms with Crippen LogP contribution in [0.4, 0.5) is 0 Å². The highest BCUT2D eigenvalue weighted by atomic mass is 16.2. The number of benzene rings is 2. The highest BCUT2D eigenvalue weighted by molar-refractivity contribution is 5.83. The molecule has 2 aromatic rings. The van der Waals surface area contributed by atoms with Gasteiger partial charge in [-0.25, -0.2) is 0 Å². The normalized spacial score (nSPS) is 28.5. The highest BCUT2D eigenvalue weighted by Crippen LogP contribution is 2.61. The molecule has 2 aromatic carbocycles. The Bertz CT molecular complexity index is 850. The van der Waals surface area contributed by atoms with Crippen LogP contribution in [-0.2, 0) is 9.59 Å². The van der Waals surface area contributed by atoms with Crippen LogP contribution in [0.1, 0.15) is 68.4 Å². The molecule has 4 saturated carbocycles. The van der Waals surface area contributed by atoms with Crippen molar-refractivity contribution >= 4 is 11.8 Å². The quantitative estimate of drug-likeness (QED) is 0.654. The van der Waals surface area contributed by atoms with Crippen molar-refractivity contribution in [3.8, 4) is 0 Å². The van der Waals surface area contributed by atoms with Gasteiger partial charge in [-0.2, -0.15) is 0 Å². The van der Waals surface area contributed by atoms with Gasteiger partial charge in [-0.05, 0) is 72.8 Å². The first kappa shape index (κ1) is 20.3. The molecular formula is C27H32N2O2. The average Bonchev–Trinajstić information content (AvgIpc) is 2.76. The Morgan fingerprint density at radius 1 is 0.742 bits per heavy atom. The summed E-state index contributed by atoms with van der Waals surface area (Å²) in [5, 5.41) is 0. The van der Waals surface area contributed by atoms with Crippen molar-refractivity contribution in [2.75, 3.05) is 0 Å². The van der Waals surface area contributed by atoms with Crippen molar-refractivity contribution in [1.29, 1.82) is 0 Å². The molecular weight excluding hydrogens is 384 g/mol. The number of nitrogens with one attached hydrogen (secondary N) is 2. The van der Waals surface area contributed by atoms with E-state index in [2.05, 4.69) is 35.1 Å². The molecule has 0 atom stereocenters. The fraction of sp³-hybridized carbons (Fsp3) is 0.481. The molecule has 0 aliphatic heterocycles. The maximum atomic E-state index is 12.7. The van der Waals surface area contributed by atoms with Gasteiger partial charge in [0, 0.05) is 18.8 Å². The molecule has 6 rings (SSSR count). The lowest BCUT2D eigenvalue weighted by molar-refractivity contribution is -0.134. The molecule has 4 bridgehead atoms. The van der Waals surface area contributed by atoms with Crippen LogP contribution in [-0.4, -0.2) is 11.8 Å². The maximum Gasteiger partial charge on any atom is 0.239 e. The van der Waals surface area contributed by atoms with E-state index in [1.165, 1.54) is 38.5 Å². The Morgan fingerprint density at radius 2 is 1.19 bits per heavy atom. The summed E-state index contributed by atoms with van der Waals surface area (Å²) < 4.78 is 0. The van der Waals surface area contributed by atoms with Crippen LogP contribution < -0.4 is 10.9 Å². The molecule has 0 unspecified atom stereocenters. The fourth-order valence-electron chi connectivity index (χ4n) is 7.07. The average molecular weight is 417 g/mol. The van der Waals surface area contributed by atoms with Gasteiger partial charge >= 0.3 is 0 Å². The van der Waals surface area contributed by atoms with Crippen molar-refractivity contribution in [3.63, 3.8) is 0 Å². The van der Waals surface area contributed by atoms with Gasteiger partial charge in [0.2, 0.25) is 11.8 Å². The zero-order valence-corrected chi connectivity index (χ0v) is 18.1. The van der Waals surface area contributed by atoms with Crippen molar-refractivity contribution in [2.24, 2.45) is 23.2 Å². The van der Waals surface area contributed by atoms with Gasteiger partial charge in [0.25, 0.3) is 0 Å². The summed E-state index contributed by atoms with van der Waals surface area (Å²) in [4.78, 5) is 25.5. The van der Waals surface area contributed by atoms with E-state index < -0.39 is 0 Å². The van der Waals surface area contributed by atoms with Gasteiger partial charge in [0.05, 0.1) is 0 Å². The predicted octanol–water partition coefficient (Wildman–Crippen LogP) is 4.96. The molecule has 0 saturated heterocycles. The number of hydrogen-bond acceptors (Lipinski definition) is 2. The largest absolute Gasteiger partial charge is 0.273 e. The van der Waals surface area contributed by atoms with Gasteiger partial charge in [0.15, 0.2) is 0 Å². The molecule has 4 nitrogen and oxygen atoms in total. The predicted molar refractivity (Wildman–Crippen MR) is 121 cm³/mol. The summed E-state index contributed by atoms with van der Waals surface area (Å²) in [5.74, 6) is 2.24. The van der Waals surface area contributed by atoms with E-state index in [9.17, 15) is 9.59 Å². The van der Waals surface area contributed by atoms with Crippen LogP contribution in [0.5, 0.6) is 0 Å². The van der Waals surface area contributed by atoms with Crippen molar-refractivity contribution < 1.29 is 9.59 Å². The molecule has 0 aromatic heterocycles. The summed E-state index contributed by atoms with van der Waals surface area (Å²) in [6.07, 6.45) is 8.57. The van der Waals surface area contributed by atoms with Crippen LogP contribution >= 0.6 is 0 Å². The lowest BCUT2D eigenvalue weighted by Crippen LogP contribution is -2.50. The van der Waals surface area contributed by atoms with Crippen LogP contribution in [0.2, 0.25) is 0 Å². The van der Waals surface area contributed by atoms with E-state index in [4.69, 9.17) is 0 Å². The molecule has 4 fully saturated rings. The van der Waals surface area contributed by atoms with Gasteiger partial charge in [0.1, 0.15) is 0 Å². The number of hydrogen-bond donors (Lipinski definition) is 2. The van der Waals surface area contributed by atoms with E-state index in [-0.39, 0.29) is 23.1 Å². The number of hydrazine groups is 1. The van der Waals surface area contributed by atoms with E-state index in [1.807, 2.05) is 36.4 Å². The molecule has 4 aliphatic carbocycles. The summed E-state index contributed by atoms with van der Waals surface area (Å²) in [5.41, 5.74) is 7.81.